The van der Waals surface area contributed by atoms with Gasteiger partial charge in [0.2, 0.25) is 5.91 Å². The van der Waals surface area contributed by atoms with Gasteiger partial charge in [0, 0.05) is 31.9 Å². The number of benzene rings is 1. The normalized spacial score (nSPS) is 17.6. The summed E-state index contributed by atoms with van der Waals surface area (Å²) in [5.74, 6) is -0.470. The zero-order valence-electron chi connectivity index (χ0n) is 15.7. The second kappa shape index (κ2) is 10.7. The van der Waals surface area contributed by atoms with Crippen molar-refractivity contribution in [3.05, 3.63) is 30.3 Å². The van der Waals surface area contributed by atoms with Gasteiger partial charge < -0.3 is 20.3 Å². The maximum Gasteiger partial charge on any atom is 0.321 e. The molecule has 148 valence electrons. The Labute approximate surface area is 165 Å². The number of methoxy groups -OCH3 is 1. The van der Waals surface area contributed by atoms with Gasteiger partial charge in [-0.05, 0) is 44.1 Å². The Kier molecular flexibility index (Phi) is 8.28. The molecule has 1 aliphatic rings. The topological polar surface area (TPSA) is 94.7 Å². The number of thiocarbonyl (C=S) groups is 1. The van der Waals surface area contributed by atoms with E-state index < -0.39 is 0 Å². The fraction of sp³-hybridized carbons (Fsp3) is 0.500. The third kappa shape index (κ3) is 7.03. The number of para-hydroxylation sites is 1. The highest BCUT2D eigenvalue weighted by Gasteiger charge is 2.28. The van der Waals surface area contributed by atoms with Crippen molar-refractivity contribution in [1.82, 2.24) is 21.1 Å². The highest BCUT2D eigenvalue weighted by molar-refractivity contribution is 7.80. The minimum atomic E-state index is -0.285. The lowest BCUT2D eigenvalue weighted by Gasteiger charge is -2.32. The van der Waals surface area contributed by atoms with Gasteiger partial charge in [0.05, 0.1) is 12.5 Å². The van der Waals surface area contributed by atoms with Gasteiger partial charge in [-0.2, -0.15) is 0 Å². The van der Waals surface area contributed by atoms with Crippen LogP contribution in [-0.4, -0.2) is 54.8 Å². The van der Waals surface area contributed by atoms with Crippen molar-refractivity contribution in [3.8, 4) is 0 Å². The molecule has 0 spiro atoms. The van der Waals surface area contributed by atoms with Crippen molar-refractivity contribution >= 4 is 35.0 Å². The number of hydrogen-bond acceptors (Lipinski definition) is 4. The van der Waals surface area contributed by atoms with E-state index in [-0.39, 0.29) is 23.9 Å². The van der Waals surface area contributed by atoms with Gasteiger partial charge in [0.1, 0.15) is 0 Å². The molecule has 3 amide bonds. The van der Waals surface area contributed by atoms with E-state index in [1.165, 1.54) is 0 Å². The molecule has 9 heteroatoms. The third-order valence-corrected chi connectivity index (χ3v) is 4.42. The first kappa shape index (κ1) is 20.9. The number of likely N-dealkylation sites (tertiary alicyclic amines) is 1. The van der Waals surface area contributed by atoms with E-state index in [0.29, 0.717) is 24.8 Å². The smallest absolute Gasteiger partial charge is 0.321 e. The number of piperidine rings is 1. The molecule has 1 aromatic carbocycles. The van der Waals surface area contributed by atoms with Crippen molar-refractivity contribution in [3.63, 3.8) is 0 Å². The molecule has 0 aromatic heterocycles. The number of hydrazine groups is 1. The number of carbonyl (C=O) groups is 2. The summed E-state index contributed by atoms with van der Waals surface area (Å²) in [6.07, 6.45) is 1.50. The fourth-order valence-corrected chi connectivity index (χ4v) is 3.12. The van der Waals surface area contributed by atoms with Gasteiger partial charge in [-0.3, -0.25) is 15.6 Å². The summed E-state index contributed by atoms with van der Waals surface area (Å²) in [6.45, 7) is 3.42. The van der Waals surface area contributed by atoms with Crippen LogP contribution in [0.4, 0.5) is 10.5 Å². The molecule has 0 unspecified atom stereocenters. The summed E-state index contributed by atoms with van der Waals surface area (Å²) in [7, 11) is 1.61. The Morgan fingerprint density at radius 3 is 2.74 bits per heavy atom. The molecule has 2 atom stereocenters. The zero-order valence-corrected chi connectivity index (χ0v) is 16.5. The predicted molar refractivity (Wildman–Crippen MR) is 108 cm³/mol. The van der Waals surface area contributed by atoms with Crippen molar-refractivity contribution in [2.24, 2.45) is 5.92 Å². The van der Waals surface area contributed by atoms with Gasteiger partial charge in [-0.15, -0.1) is 0 Å². The summed E-state index contributed by atoms with van der Waals surface area (Å²) < 4.78 is 5.02. The molecule has 1 aromatic rings. The monoisotopic (exact) mass is 393 g/mol. The molecule has 0 saturated carbocycles. The van der Waals surface area contributed by atoms with E-state index in [9.17, 15) is 9.59 Å². The van der Waals surface area contributed by atoms with Crippen LogP contribution in [0.2, 0.25) is 0 Å². The second-order valence-corrected chi connectivity index (χ2v) is 6.93. The maximum atomic E-state index is 12.4. The number of nitrogens with zero attached hydrogens (tertiary/aromatic N) is 1. The van der Waals surface area contributed by atoms with Gasteiger partial charge in [0.25, 0.3) is 0 Å². The Balaban J connectivity index is 1.78. The number of urea groups is 1. The number of anilines is 1. The average Bonchev–Trinajstić information content (AvgIpc) is 2.67. The van der Waals surface area contributed by atoms with Gasteiger partial charge >= 0.3 is 6.03 Å². The molecule has 0 aliphatic carbocycles. The van der Waals surface area contributed by atoms with Gasteiger partial charge in [-0.1, -0.05) is 18.2 Å². The van der Waals surface area contributed by atoms with Gasteiger partial charge in [0.15, 0.2) is 5.11 Å². The van der Waals surface area contributed by atoms with Crippen LogP contribution >= 0.6 is 12.2 Å². The van der Waals surface area contributed by atoms with Crippen LogP contribution in [0.15, 0.2) is 30.3 Å². The minimum absolute atomic E-state index is 0.0266. The van der Waals surface area contributed by atoms with Crippen molar-refractivity contribution in [2.45, 2.75) is 25.8 Å². The van der Waals surface area contributed by atoms with E-state index in [1.807, 2.05) is 37.3 Å². The van der Waals surface area contributed by atoms with Crippen molar-refractivity contribution in [1.29, 1.82) is 0 Å². The molecule has 1 aliphatic heterocycles. The summed E-state index contributed by atoms with van der Waals surface area (Å²) in [5, 5.41) is 6.17. The van der Waals surface area contributed by atoms with Crippen molar-refractivity contribution in [2.75, 3.05) is 32.1 Å². The molecule has 1 fully saturated rings. The lowest BCUT2D eigenvalue weighted by molar-refractivity contribution is -0.126. The summed E-state index contributed by atoms with van der Waals surface area (Å²) >= 11 is 5.13. The van der Waals surface area contributed by atoms with Crippen LogP contribution in [-0.2, 0) is 9.53 Å². The number of ether oxygens (including phenoxy) is 1. The Hall–Kier alpha value is -2.39. The molecule has 2 rings (SSSR count). The van der Waals surface area contributed by atoms with E-state index in [2.05, 4.69) is 21.5 Å². The first-order chi connectivity index (χ1) is 13.0. The van der Waals surface area contributed by atoms with Crippen LogP contribution < -0.4 is 21.5 Å². The van der Waals surface area contributed by atoms with E-state index in [1.54, 1.807) is 12.0 Å². The molecule has 4 N–H and O–H groups in total. The molecule has 27 heavy (non-hydrogen) atoms. The molecule has 0 bridgehead atoms. The van der Waals surface area contributed by atoms with Crippen LogP contribution in [0, 0.1) is 5.92 Å². The average molecular weight is 394 g/mol. The van der Waals surface area contributed by atoms with Crippen LogP contribution in [0.25, 0.3) is 0 Å². The molecule has 1 saturated heterocycles. The molecular formula is C18H27N5O3S. The minimum Gasteiger partial charge on any atom is -0.383 e. The maximum absolute atomic E-state index is 12.4. The largest absolute Gasteiger partial charge is 0.383 e. The lowest BCUT2D eigenvalue weighted by atomic mass is 9.98. The summed E-state index contributed by atoms with van der Waals surface area (Å²) in [4.78, 5) is 26.5. The van der Waals surface area contributed by atoms with Crippen LogP contribution in [0.5, 0.6) is 0 Å². The number of hydrogen-bond donors (Lipinski definition) is 4. The highest BCUT2D eigenvalue weighted by atomic mass is 32.1. The van der Waals surface area contributed by atoms with Gasteiger partial charge in [-0.25, -0.2) is 4.79 Å². The predicted octanol–water partition coefficient (Wildman–Crippen LogP) is 1.46. The van der Waals surface area contributed by atoms with E-state index >= 15 is 0 Å². The summed E-state index contributed by atoms with van der Waals surface area (Å²) in [6, 6.07) is 9.09. The number of nitrogens with one attached hydrogen (secondary N) is 4. The molecular weight excluding hydrogens is 366 g/mol. The Morgan fingerprint density at radius 2 is 2.04 bits per heavy atom. The van der Waals surface area contributed by atoms with Crippen molar-refractivity contribution < 1.29 is 14.3 Å². The second-order valence-electron chi connectivity index (χ2n) is 6.53. The quantitative estimate of drug-likeness (QED) is 0.447. The first-order valence-corrected chi connectivity index (χ1v) is 9.36. The fourth-order valence-electron chi connectivity index (χ4n) is 2.87. The lowest BCUT2D eigenvalue weighted by Crippen LogP contribution is -2.53. The third-order valence-electron chi connectivity index (χ3n) is 4.20. The zero-order chi connectivity index (χ0) is 19.6. The number of amides is 3. The molecule has 8 nitrogen and oxygen atoms in total. The summed E-state index contributed by atoms with van der Waals surface area (Å²) in [5.41, 5.74) is 6.05. The molecule has 0 radical (unpaired) electrons. The first-order valence-electron chi connectivity index (χ1n) is 8.96. The standard InChI is InChI=1S/C18H27N5O3S/c1-13(12-26-2)19-17(27)22-21-16(24)14-7-6-10-23(11-14)18(25)20-15-8-4-3-5-9-15/h3-5,8-9,13-14H,6-7,10-12H2,1-2H3,(H,20,25)(H,21,24)(H2,19,22,27)/t13-,14-/m1/s1. The number of carbonyl (C=O) groups excluding carboxylic acids is 2. The van der Waals surface area contributed by atoms with Crippen LogP contribution in [0.3, 0.4) is 0 Å². The SMILES string of the molecule is COC[C@@H](C)NC(=S)NNC(=O)[C@@H]1CCCN(C(=O)Nc2ccccc2)C1. The van der Waals surface area contributed by atoms with Crippen LogP contribution in [0.1, 0.15) is 19.8 Å². The molecule has 1 heterocycles. The Bertz CT molecular complexity index is 643. The highest BCUT2D eigenvalue weighted by Crippen LogP contribution is 2.18. The number of rotatable bonds is 5. The Morgan fingerprint density at radius 1 is 1.30 bits per heavy atom. The van der Waals surface area contributed by atoms with E-state index in [4.69, 9.17) is 17.0 Å². The van der Waals surface area contributed by atoms with E-state index in [0.717, 1.165) is 18.5 Å².